The highest BCUT2D eigenvalue weighted by molar-refractivity contribution is 5.94. The molecule has 0 aliphatic heterocycles. The first-order valence-electron chi connectivity index (χ1n) is 8.88. The maximum atomic E-state index is 12.1. The van der Waals surface area contributed by atoms with Gasteiger partial charge in [0.1, 0.15) is 18.1 Å². The van der Waals surface area contributed by atoms with E-state index < -0.39 is 5.97 Å². The molecule has 0 heterocycles. The Morgan fingerprint density at radius 2 is 1.78 bits per heavy atom. The van der Waals surface area contributed by atoms with E-state index >= 15 is 0 Å². The van der Waals surface area contributed by atoms with Gasteiger partial charge in [-0.15, -0.1) is 0 Å². The Morgan fingerprint density at radius 3 is 2.41 bits per heavy atom. The van der Waals surface area contributed by atoms with E-state index in [0.29, 0.717) is 22.6 Å². The molecule has 0 radical (unpaired) electrons. The number of aryl methyl sites for hydroxylation is 1. The van der Waals surface area contributed by atoms with Crippen molar-refractivity contribution in [1.29, 1.82) is 0 Å². The third-order valence-electron chi connectivity index (χ3n) is 4.21. The maximum Gasteiger partial charge on any atom is 0.344 e. The van der Waals surface area contributed by atoms with Crippen molar-refractivity contribution in [3.8, 4) is 11.5 Å². The summed E-state index contributed by atoms with van der Waals surface area (Å²) in [6, 6.07) is 11.0. The van der Waals surface area contributed by atoms with Crippen molar-refractivity contribution in [3.05, 3.63) is 58.7 Å². The second kappa shape index (κ2) is 9.21. The molecule has 5 heteroatoms. The van der Waals surface area contributed by atoms with E-state index in [9.17, 15) is 9.59 Å². The van der Waals surface area contributed by atoms with Gasteiger partial charge < -0.3 is 14.2 Å². The Hall–Kier alpha value is -2.82. The van der Waals surface area contributed by atoms with Crippen molar-refractivity contribution < 1.29 is 23.8 Å². The predicted molar refractivity (Wildman–Crippen MR) is 104 cm³/mol. The normalized spacial score (nSPS) is 10.6. The smallest absolute Gasteiger partial charge is 0.344 e. The van der Waals surface area contributed by atoms with E-state index in [-0.39, 0.29) is 24.9 Å². The lowest BCUT2D eigenvalue weighted by Crippen LogP contribution is -2.16. The zero-order valence-corrected chi connectivity index (χ0v) is 16.5. The Morgan fingerprint density at radius 1 is 1.04 bits per heavy atom. The number of Topliss-reactive ketones (excluding diaryl/α,β-unsaturated/α-hetero) is 1. The van der Waals surface area contributed by atoms with E-state index in [1.165, 1.54) is 14.0 Å². The van der Waals surface area contributed by atoms with E-state index in [2.05, 4.69) is 13.8 Å². The van der Waals surface area contributed by atoms with Gasteiger partial charge in [-0.05, 0) is 55.2 Å². The molecule has 0 bridgehead atoms. The van der Waals surface area contributed by atoms with E-state index in [0.717, 1.165) is 11.1 Å². The van der Waals surface area contributed by atoms with Crippen LogP contribution in [0.3, 0.4) is 0 Å². The summed E-state index contributed by atoms with van der Waals surface area (Å²) < 4.78 is 16.3. The molecule has 0 aromatic heterocycles. The van der Waals surface area contributed by atoms with Gasteiger partial charge >= 0.3 is 5.97 Å². The molecule has 0 fully saturated rings. The Balaban J connectivity index is 2.01. The molecule has 2 aromatic carbocycles. The lowest BCUT2D eigenvalue weighted by Gasteiger charge is -2.15. The molecule has 5 nitrogen and oxygen atoms in total. The monoisotopic (exact) mass is 370 g/mol. The summed E-state index contributed by atoms with van der Waals surface area (Å²) in [5, 5.41) is 0. The predicted octanol–water partition coefficient (Wildman–Crippen LogP) is 4.45. The highest BCUT2D eigenvalue weighted by Crippen LogP contribution is 2.27. The van der Waals surface area contributed by atoms with E-state index in [1.54, 1.807) is 18.2 Å². The summed E-state index contributed by atoms with van der Waals surface area (Å²) in [7, 11) is 1.53. The molecule has 0 saturated carbocycles. The third kappa shape index (κ3) is 5.58. The van der Waals surface area contributed by atoms with Crippen LogP contribution in [-0.2, 0) is 16.1 Å². The number of hydrogen-bond acceptors (Lipinski definition) is 5. The maximum absolute atomic E-state index is 12.1. The first-order valence-corrected chi connectivity index (χ1v) is 8.88. The summed E-state index contributed by atoms with van der Waals surface area (Å²) >= 11 is 0. The lowest BCUT2D eigenvalue weighted by molar-refractivity contribution is -0.147. The molecular weight excluding hydrogens is 344 g/mol. The van der Waals surface area contributed by atoms with Gasteiger partial charge in [-0.25, -0.2) is 4.79 Å². The van der Waals surface area contributed by atoms with Gasteiger partial charge in [0.15, 0.2) is 12.4 Å². The molecule has 0 atom stereocenters. The summed E-state index contributed by atoms with van der Waals surface area (Å²) in [6.07, 6.45) is 0. The first-order chi connectivity index (χ1) is 12.8. The van der Waals surface area contributed by atoms with Gasteiger partial charge in [-0.3, -0.25) is 4.79 Å². The fourth-order valence-electron chi connectivity index (χ4n) is 2.69. The molecule has 0 unspecified atom stereocenters. The van der Waals surface area contributed by atoms with Crippen molar-refractivity contribution in [2.45, 2.75) is 40.2 Å². The van der Waals surface area contributed by atoms with E-state index in [1.807, 2.05) is 25.1 Å². The molecule has 144 valence electrons. The van der Waals surface area contributed by atoms with Gasteiger partial charge in [0, 0.05) is 11.1 Å². The van der Waals surface area contributed by atoms with Gasteiger partial charge in [0.05, 0.1) is 7.11 Å². The number of ketones is 1. The van der Waals surface area contributed by atoms with Gasteiger partial charge in [0.2, 0.25) is 0 Å². The molecule has 27 heavy (non-hydrogen) atoms. The number of benzene rings is 2. The number of esters is 1. The average Bonchev–Trinajstić information content (AvgIpc) is 2.64. The van der Waals surface area contributed by atoms with Crippen LogP contribution in [0, 0.1) is 6.92 Å². The number of methoxy groups -OCH3 is 1. The number of hydrogen-bond donors (Lipinski definition) is 0. The number of ether oxygens (including phenoxy) is 3. The fourth-order valence-corrected chi connectivity index (χ4v) is 2.69. The minimum Gasteiger partial charge on any atom is -0.496 e. The Bertz CT molecular complexity index is 823. The van der Waals surface area contributed by atoms with E-state index in [4.69, 9.17) is 14.2 Å². The highest BCUT2D eigenvalue weighted by atomic mass is 16.6. The molecular formula is C22H26O5. The third-order valence-corrected chi connectivity index (χ3v) is 4.21. The summed E-state index contributed by atoms with van der Waals surface area (Å²) in [5.41, 5.74) is 3.29. The van der Waals surface area contributed by atoms with Crippen LogP contribution in [-0.4, -0.2) is 25.5 Å². The quantitative estimate of drug-likeness (QED) is 0.507. The zero-order chi connectivity index (χ0) is 20.0. The van der Waals surface area contributed by atoms with Crippen molar-refractivity contribution in [2.24, 2.45) is 0 Å². The second-order valence-electron chi connectivity index (χ2n) is 6.73. The molecule has 2 rings (SSSR count). The average molecular weight is 370 g/mol. The molecule has 0 N–H and O–H groups in total. The standard InChI is InChI=1S/C22H26O5/c1-14(2)19-8-6-15(3)10-21(19)26-13-22(24)27-12-18-11-17(16(4)23)7-9-20(18)25-5/h6-11,14H,12-13H2,1-5H3. The van der Waals surface area contributed by atoms with Crippen LogP contribution in [0.2, 0.25) is 0 Å². The Labute approximate surface area is 160 Å². The number of carbonyl (C=O) groups is 2. The zero-order valence-electron chi connectivity index (χ0n) is 16.5. The van der Waals surface area contributed by atoms with Crippen molar-refractivity contribution in [2.75, 3.05) is 13.7 Å². The highest BCUT2D eigenvalue weighted by Gasteiger charge is 2.13. The van der Waals surface area contributed by atoms with Crippen LogP contribution in [0.25, 0.3) is 0 Å². The van der Waals surface area contributed by atoms with Gasteiger partial charge in [-0.1, -0.05) is 26.0 Å². The molecule has 0 aliphatic carbocycles. The summed E-state index contributed by atoms with van der Waals surface area (Å²) in [4.78, 5) is 23.7. The van der Waals surface area contributed by atoms with Crippen LogP contribution in [0.1, 0.15) is 53.7 Å². The molecule has 2 aromatic rings. The molecule has 0 spiro atoms. The lowest BCUT2D eigenvalue weighted by atomic mass is 10.0. The van der Waals surface area contributed by atoms with Crippen LogP contribution >= 0.6 is 0 Å². The topological polar surface area (TPSA) is 61.8 Å². The van der Waals surface area contributed by atoms with Gasteiger partial charge in [-0.2, -0.15) is 0 Å². The minimum atomic E-state index is -0.485. The largest absolute Gasteiger partial charge is 0.496 e. The van der Waals surface area contributed by atoms with Crippen LogP contribution in [0.5, 0.6) is 11.5 Å². The first kappa shape index (κ1) is 20.5. The van der Waals surface area contributed by atoms with Crippen LogP contribution in [0.15, 0.2) is 36.4 Å². The van der Waals surface area contributed by atoms with Crippen molar-refractivity contribution >= 4 is 11.8 Å². The minimum absolute atomic E-state index is 0.0113. The summed E-state index contributed by atoms with van der Waals surface area (Å²) in [5.74, 6) is 0.999. The van der Waals surface area contributed by atoms with Crippen LogP contribution < -0.4 is 9.47 Å². The van der Waals surface area contributed by atoms with Crippen molar-refractivity contribution in [3.63, 3.8) is 0 Å². The number of carbonyl (C=O) groups excluding carboxylic acids is 2. The molecule has 0 amide bonds. The number of rotatable bonds is 8. The van der Waals surface area contributed by atoms with Crippen molar-refractivity contribution in [1.82, 2.24) is 0 Å². The Kier molecular flexibility index (Phi) is 6.99. The molecule has 0 saturated heterocycles. The fraction of sp³-hybridized carbons (Fsp3) is 0.364. The SMILES string of the molecule is COc1ccc(C(C)=O)cc1COC(=O)COc1cc(C)ccc1C(C)C. The molecule has 0 aliphatic rings. The summed E-state index contributed by atoms with van der Waals surface area (Å²) in [6.45, 7) is 7.44. The van der Waals surface area contributed by atoms with Gasteiger partial charge in [0.25, 0.3) is 0 Å². The van der Waals surface area contributed by atoms with Crippen LogP contribution in [0.4, 0.5) is 0 Å². The second-order valence-corrected chi connectivity index (χ2v) is 6.73.